The zero-order chi connectivity index (χ0) is 5.91. The number of halogens is 1. The molecule has 0 spiro atoms. The minimum atomic E-state index is -1.03. The third kappa shape index (κ3) is 6.28. The van der Waals surface area contributed by atoms with Crippen molar-refractivity contribution in [2.45, 2.75) is 25.9 Å². The van der Waals surface area contributed by atoms with Gasteiger partial charge in [0.15, 0.2) is 0 Å². The molecule has 44 valence electrons. The zero-order valence-electron chi connectivity index (χ0n) is 4.74. The highest BCUT2D eigenvalue weighted by Crippen LogP contribution is 2.13. The lowest BCUT2D eigenvalue weighted by molar-refractivity contribution is 0.212. The Hall–Kier alpha value is 0.280. The van der Waals surface area contributed by atoms with Gasteiger partial charge in [-0.1, -0.05) is 0 Å². The van der Waals surface area contributed by atoms with Crippen LogP contribution in [0.3, 0.4) is 0 Å². The van der Waals surface area contributed by atoms with Crippen molar-refractivity contribution in [1.82, 2.24) is 0 Å². The van der Waals surface area contributed by atoms with Gasteiger partial charge in [-0.25, -0.2) is 4.39 Å². The third-order valence-electron chi connectivity index (χ3n) is 0.706. The first-order chi connectivity index (χ1) is 3.06. The topological polar surface area (TPSA) is 0 Å². The molecule has 0 aromatic heterocycles. The number of thiol groups is 1. The first-order valence-electron chi connectivity index (χ1n) is 2.36. The van der Waals surface area contributed by atoms with Gasteiger partial charge in [0.1, 0.15) is 5.67 Å². The minimum Gasteiger partial charge on any atom is -0.244 e. The first kappa shape index (κ1) is 7.28. The van der Waals surface area contributed by atoms with Crippen molar-refractivity contribution in [3.63, 3.8) is 0 Å². The Morgan fingerprint density at radius 1 is 1.57 bits per heavy atom. The van der Waals surface area contributed by atoms with Gasteiger partial charge in [0.05, 0.1) is 0 Å². The summed E-state index contributed by atoms with van der Waals surface area (Å²) in [6.45, 7) is 3.12. The largest absolute Gasteiger partial charge is 0.244 e. The van der Waals surface area contributed by atoms with Crippen LogP contribution in [-0.2, 0) is 0 Å². The predicted molar refractivity (Wildman–Crippen MR) is 33.7 cm³/mol. The molecule has 0 atom stereocenters. The molecule has 0 aliphatic heterocycles. The minimum absolute atomic E-state index is 0.538. The van der Waals surface area contributed by atoms with Crippen LogP contribution in [0.4, 0.5) is 4.39 Å². The molecule has 0 saturated carbocycles. The fraction of sp³-hybridized carbons (Fsp3) is 1.00. The number of hydrogen-bond donors (Lipinski definition) is 1. The smallest absolute Gasteiger partial charge is 0.106 e. The van der Waals surface area contributed by atoms with E-state index < -0.39 is 5.67 Å². The Labute approximate surface area is 49.5 Å². The fourth-order valence-corrected chi connectivity index (χ4v) is 0.798. The summed E-state index contributed by atoms with van der Waals surface area (Å²) < 4.78 is 12.3. The number of hydrogen-bond acceptors (Lipinski definition) is 1. The SMILES string of the molecule is CC(C)(F)CCS. The van der Waals surface area contributed by atoms with Crippen LogP contribution < -0.4 is 0 Å². The Morgan fingerprint density at radius 2 is 2.00 bits per heavy atom. The maximum atomic E-state index is 12.3. The van der Waals surface area contributed by atoms with Crippen molar-refractivity contribution in [2.24, 2.45) is 0 Å². The van der Waals surface area contributed by atoms with Gasteiger partial charge in [-0.05, 0) is 26.0 Å². The summed E-state index contributed by atoms with van der Waals surface area (Å²) in [5.74, 6) is 0.628. The average Bonchev–Trinajstić information content (AvgIpc) is 1.30. The summed E-state index contributed by atoms with van der Waals surface area (Å²) in [4.78, 5) is 0. The maximum Gasteiger partial charge on any atom is 0.106 e. The van der Waals surface area contributed by atoms with Gasteiger partial charge in [0, 0.05) is 0 Å². The molecule has 0 rings (SSSR count). The molecule has 0 unspecified atom stereocenters. The van der Waals surface area contributed by atoms with Crippen LogP contribution in [0.15, 0.2) is 0 Å². The van der Waals surface area contributed by atoms with Gasteiger partial charge in [-0.2, -0.15) is 12.6 Å². The third-order valence-corrected chi connectivity index (χ3v) is 0.930. The van der Waals surface area contributed by atoms with Crippen molar-refractivity contribution >= 4 is 12.6 Å². The normalized spacial score (nSPS) is 12.0. The summed E-state index contributed by atoms with van der Waals surface area (Å²) in [5, 5.41) is 0. The molecule has 0 aliphatic rings. The van der Waals surface area contributed by atoms with Crippen LogP contribution in [0.25, 0.3) is 0 Å². The van der Waals surface area contributed by atoms with Crippen LogP contribution in [0.5, 0.6) is 0 Å². The summed E-state index contributed by atoms with van der Waals surface area (Å²) >= 11 is 3.87. The molecule has 0 aromatic rings. The van der Waals surface area contributed by atoms with E-state index in [2.05, 4.69) is 12.6 Å². The standard InChI is InChI=1S/C5H11FS/c1-5(2,6)3-4-7/h7H,3-4H2,1-2H3. The average molecular weight is 122 g/mol. The van der Waals surface area contributed by atoms with E-state index in [0.717, 1.165) is 0 Å². The van der Waals surface area contributed by atoms with Crippen molar-refractivity contribution in [2.75, 3.05) is 5.75 Å². The molecular weight excluding hydrogens is 111 g/mol. The summed E-state index contributed by atoms with van der Waals surface area (Å²) in [6.07, 6.45) is 0.538. The quantitative estimate of drug-likeness (QED) is 0.532. The van der Waals surface area contributed by atoms with Crippen LogP contribution in [0.2, 0.25) is 0 Å². The molecule has 0 radical (unpaired) electrons. The second kappa shape index (κ2) is 2.55. The van der Waals surface area contributed by atoms with E-state index in [4.69, 9.17) is 0 Å². The molecule has 0 nitrogen and oxygen atoms in total. The summed E-state index contributed by atoms with van der Waals surface area (Å²) in [5.41, 5.74) is -1.03. The van der Waals surface area contributed by atoms with E-state index in [9.17, 15) is 4.39 Å². The molecule has 2 heteroatoms. The Kier molecular flexibility index (Phi) is 2.66. The van der Waals surface area contributed by atoms with Gasteiger partial charge < -0.3 is 0 Å². The van der Waals surface area contributed by atoms with Gasteiger partial charge >= 0.3 is 0 Å². The van der Waals surface area contributed by atoms with Crippen molar-refractivity contribution in [3.8, 4) is 0 Å². The maximum absolute atomic E-state index is 12.3. The van der Waals surface area contributed by atoms with Gasteiger partial charge in [-0.15, -0.1) is 0 Å². The molecule has 0 aromatic carbocycles. The van der Waals surface area contributed by atoms with Crippen LogP contribution >= 0.6 is 12.6 Å². The van der Waals surface area contributed by atoms with Crippen LogP contribution in [-0.4, -0.2) is 11.4 Å². The molecule has 0 amide bonds. The van der Waals surface area contributed by atoms with E-state index in [1.165, 1.54) is 0 Å². The highest BCUT2D eigenvalue weighted by Gasteiger charge is 2.12. The van der Waals surface area contributed by atoms with Crippen molar-refractivity contribution in [1.29, 1.82) is 0 Å². The molecule has 0 heterocycles. The molecule has 0 bridgehead atoms. The molecular formula is C5H11FS. The molecule has 0 fully saturated rings. The van der Waals surface area contributed by atoms with E-state index in [1.54, 1.807) is 13.8 Å². The lowest BCUT2D eigenvalue weighted by Gasteiger charge is -2.09. The van der Waals surface area contributed by atoms with Gasteiger partial charge in [0.2, 0.25) is 0 Å². The monoisotopic (exact) mass is 122 g/mol. The summed E-state index contributed by atoms with van der Waals surface area (Å²) in [7, 11) is 0. The molecule has 0 aliphatic carbocycles. The lowest BCUT2D eigenvalue weighted by Crippen LogP contribution is -2.11. The second-order valence-electron chi connectivity index (χ2n) is 2.19. The Balaban J connectivity index is 3.15. The van der Waals surface area contributed by atoms with E-state index >= 15 is 0 Å². The first-order valence-corrected chi connectivity index (χ1v) is 2.99. The lowest BCUT2D eigenvalue weighted by atomic mass is 10.1. The zero-order valence-corrected chi connectivity index (χ0v) is 5.63. The second-order valence-corrected chi connectivity index (χ2v) is 2.64. The van der Waals surface area contributed by atoms with Crippen LogP contribution in [0.1, 0.15) is 20.3 Å². The highest BCUT2D eigenvalue weighted by atomic mass is 32.1. The Morgan fingerprint density at radius 3 is 2.00 bits per heavy atom. The van der Waals surface area contributed by atoms with Crippen molar-refractivity contribution in [3.05, 3.63) is 0 Å². The van der Waals surface area contributed by atoms with Crippen LogP contribution in [0, 0.1) is 0 Å². The number of alkyl halides is 1. The van der Waals surface area contributed by atoms with E-state index in [1.807, 2.05) is 0 Å². The predicted octanol–water partition coefficient (Wildman–Crippen LogP) is 2.05. The van der Waals surface area contributed by atoms with Gasteiger partial charge in [0.25, 0.3) is 0 Å². The van der Waals surface area contributed by atoms with Gasteiger partial charge in [-0.3, -0.25) is 0 Å². The number of rotatable bonds is 2. The van der Waals surface area contributed by atoms with E-state index in [-0.39, 0.29) is 0 Å². The molecule has 0 saturated heterocycles. The molecule has 7 heavy (non-hydrogen) atoms. The van der Waals surface area contributed by atoms with E-state index in [0.29, 0.717) is 12.2 Å². The molecule has 0 N–H and O–H groups in total. The highest BCUT2D eigenvalue weighted by molar-refractivity contribution is 7.80. The fourth-order valence-electron chi connectivity index (χ4n) is 0.266. The Bertz CT molecular complexity index is 46.5. The van der Waals surface area contributed by atoms with Crippen molar-refractivity contribution < 1.29 is 4.39 Å². The summed E-state index contributed by atoms with van der Waals surface area (Å²) in [6, 6.07) is 0.